The zero-order chi connectivity index (χ0) is 13.1. The van der Waals surface area contributed by atoms with Crippen LogP contribution in [-0.2, 0) is 0 Å². The molecule has 0 radical (unpaired) electrons. The van der Waals surface area contributed by atoms with Crippen LogP contribution in [0.15, 0.2) is 30.3 Å². The number of ether oxygens (including phenoxy) is 2. The molecule has 2 aromatic rings. The standard InChI is InChI=1S/C14H16N2O2/c1-9-4-5-10(2)12(8-9)18-14-11(15)6-7-13(16-14)17-3/h4-8H,15H2,1-3H3. The highest BCUT2D eigenvalue weighted by atomic mass is 16.5. The Morgan fingerprint density at radius 3 is 2.61 bits per heavy atom. The first kappa shape index (κ1) is 12.2. The molecule has 4 heteroatoms. The van der Waals surface area contributed by atoms with E-state index in [4.69, 9.17) is 15.2 Å². The van der Waals surface area contributed by atoms with Gasteiger partial charge in [-0.25, -0.2) is 0 Å². The number of nitrogens with zero attached hydrogens (tertiary/aromatic N) is 1. The first-order valence-electron chi connectivity index (χ1n) is 5.66. The Hall–Kier alpha value is -2.23. The molecular formula is C14H16N2O2. The van der Waals surface area contributed by atoms with Gasteiger partial charge in [0.05, 0.1) is 12.8 Å². The smallest absolute Gasteiger partial charge is 0.246 e. The number of benzene rings is 1. The van der Waals surface area contributed by atoms with Gasteiger partial charge in [-0.1, -0.05) is 12.1 Å². The average molecular weight is 244 g/mol. The second kappa shape index (κ2) is 4.96. The summed E-state index contributed by atoms with van der Waals surface area (Å²) in [5, 5.41) is 0. The van der Waals surface area contributed by atoms with Crippen LogP contribution in [0.4, 0.5) is 5.69 Å². The Morgan fingerprint density at radius 1 is 1.11 bits per heavy atom. The molecule has 0 aliphatic rings. The maximum atomic E-state index is 5.84. The van der Waals surface area contributed by atoms with Gasteiger partial charge in [0.1, 0.15) is 5.75 Å². The molecule has 94 valence electrons. The molecule has 0 bridgehead atoms. The van der Waals surface area contributed by atoms with E-state index in [9.17, 15) is 0 Å². The number of pyridine rings is 1. The van der Waals surface area contributed by atoms with Crippen LogP contribution < -0.4 is 15.2 Å². The average Bonchev–Trinajstić information content (AvgIpc) is 2.36. The van der Waals surface area contributed by atoms with Crippen molar-refractivity contribution in [2.24, 2.45) is 0 Å². The van der Waals surface area contributed by atoms with Gasteiger partial charge in [-0.15, -0.1) is 0 Å². The van der Waals surface area contributed by atoms with Gasteiger partial charge in [-0.2, -0.15) is 4.98 Å². The fourth-order valence-corrected chi connectivity index (χ4v) is 1.55. The minimum absolute atomic E-state index is 0.364. The molecule has 4 nitrogen and oxygen atoms in total. The van der Waals surface area contributed by atoms with Crippen molar-refractivity contribution >= 4 is 5.69 Å². The highest BCUT2D eigenvalue weighted by molar-refractivity contribution is 5.52. The van der Waals surface area contributed by atoms with E-state index in [2.05, 4.69) is 4.98 Å². The van der Waals surface area contributed by atoms with E-state index in [0.29, 0.717) is 17.4 Å². The normalized spacial score (nSPS) is 10.2. The summed E-state index contributed by atoms with van der Waals surface area (Å²) in [5.74, 6) is 1.59. The molecule has 0 fully saturated rings. The molecule has 18 heavy (non-hydrogen) atoms. The van der Waals surface area contributed by atoms with E-state index in [0.717, 1.165) is 16.9 Å². The van der Waals surface area contributed by atoms with Gasteiger partial charge in [0.2, 0.25) is 11.8 Å². The molecule has 0 saturated heterocycles. The lowest BCUT2D eigenvalue weighted by molar-refractivity contribution is 0.383. The van der Waals surface area contributed by atoms with E-state index in [1.54, 1.807) is 19.2 Å². The van der Waals surface area contributed by atoms with Crippen LogP contribution in [0.2, 0.25) is 0 Å². The van der Waals surface area contributed by atoms with Crippen LogP contribution >= 0.6 is 0 Å². The van der Waals surface area contributed by atoms with Gasteiger partial charge in [-0.3, -0.25) is 0 Å². The van der Waals surface area contributed by atoms with Crippen molar-refractivity contribution in [2.45, 2.75) is 13.8 Å². The van der Waals surface area contributed by atoms with Gasteiger partial charge >= 0.3 is 0 Å². The van der Waals surface area contributed by atoms with E-state index in [1.165, 1.54) is 0 Å². The third-order valence-electron chi connectivity index (χ3n) is 2.62. The Bertz CT molecular complexity index is 568. The van der Waals surface area contributed by atoms with Crippen molar-refractivity contribution in [3.05, 3.63) is 41.5 Å². The minimum Gasteiger partial charge on any atom is -0.481 e. The third kappa shape index (κ3) is 2.53. The highest BCUT2D eigenvalue weighted by Gasteiger charge is 2.08. The molecule has 0 amide bonds. The minimum atomic E-state index is 0.364. The number of nitrogens with two attached hydrogens (primary N) is 1. The predicted octanol–water partition coefficient (Wildman–Crippen LogP) is 3.08. The highest BCUT2D eigenvalue weighted by Crippen LogP contribution is 2.30. The summed E-state index contributed by atoms with van der Waals surface area (Å²) in [6, 6.07) is 9.40. The van der Waals surface area contributed by atoms with Gasteiger partial charge in [0.15, 0.2) is 0 Å². The molecule has 0 saturated carbocycles. The van der Waals surface area contributed by atoms with Crippen LogP contribution in [0.1, 0.15) is 11.1 Å². The second-order valence-electron chi connectivity index (χ2n) is 4.12. The van der Waals surface area contributed by atoms with Gasteiger partial charge in [0, 0.05) is 6.07 Å². The Labute approximate surface area is 106 Å². The van der Waals surface area contributed by atoms with Gasteiger partial charge in [-0.05, 0) is 37.1 Å². The van der Waals surface area contributed by atoms with Crippen LogP contribution in [0.5, 0.6) is 17.5 Å². The molecule has 1 aromatic carbocycles. The van der Waals surface area contributed by atoms with Crippen molar-refractivity contribution < 1.29 is 9.47 Å². The first-order chi connectivity index (χ1) is 8.60. The summed E-state index contributed by atoms with van der Waals surface area (Å²) in [4.78, 5) is 4.19. The summed E-state index contributed by atoms with van der Waals surface area (Å²) in [6.07, 6.45) is 0. The lowest BCUT2D eigenvalue weighted by Crippen LogP contribution is -1.98. The molecule has 0 unspecified atom stereocenters. The third-order valence-corrected chi connectivity index (χ3v) is 2.62. The van der Waals surface area contributed by atoms with Gasteiger partial charge in [0.25, 0.3) is 0 Å². The van der Waals surface area contributed by atoms with Crippen molar-refractivity contribution in [3.63, 3.8) is 0 Å². The quantitative estimate of drug-likeness (QED) is 0.901. The Balaban J connectivity index is 2.36. The fourth-order valence-electron chi connectivity index (χ4n) is 1.55. The molecule has 1 heterocycles. The zero-order valence-corrected chi connectivity index (χ0v) is 10.7. The number of rotatable bonds is 3. The number of hydrogen-bond acceptors (Lipinski definition) is 4. The van der Waals surface area contributed by atoms with Gasteiger partial charge < -0.3 is 15.2 Å². The summed E-state index contributed by atoms with van der Waals surface area (Å²) < 4.78 is 10.8. The first-order valence-corrected chi connectivity index (χ1v) is 5.66. The Kier molecular flexibility index (Phi) is 3.37. The molecule has 0 spiro atoms. The van der Waals surface area contributed by atoms with Crippen LogP contribution in [0, 0.1) is 13.8 Å². The van der Waals surface area contributed by atoms with E-state index < -0.39 is 0 Å². The monoisotopic (exact) mass is 244 g/mol. The maximum absolute atomic E-state index is 5.84. The van der Waals surface area contributed by atoms with Crippen molar-refractivity contribution in [2.75, 3.05) is 12.8 Å². The van der Waals surface area contributed by atoms with Crippen LogP contribution in [0.25, 0.3) is 0 Å². The zero-order valence-electron chi connectivity index (χ0n) is 10.7. The van der Waals surface area contributed by atoms with Crippen molar-refractivity contribution in [1.82, 2.24) is 4.98 Å². The van der Waals surface area contributed by atoms with E-state index in [-0.39, 0.29) is 0 Å². The van der Waals surface area contributed by atoms with Crippen LogP contribution in [-0.4, -0.2) is 12.1 Å². The molecule has 0 atom stereocenters. The number of anilines is 1. The number of aromatic nitrogens is 1. The number of aryl methyl sites for hydroxylation is 2. The largest absolute Gasteiger partial charge is 0.481 e. The van der Waals surface area contributed by atoms with E-state index in [1.807, 2.05) is 32.0 Å². The van der Waals surface area contributed by atoms with Crippen molar-refractivity contribution in [1.29, 1.82) is 0 Å². The second-order valence-corrected chi connectivity index (χ2v) is 4.12. The number of methoxy groups -OCH3 is 1. The van der Waals surface area contributed by atoms with Crippen molar-refractivity contribution in [3.8, 4) is 17.5 Å². The number of nitrogen functional groups attached to an aromatic ring is 1. The molecule has 2 N–H and O–H groups in total. The maximum Gasteiger partial charge on any atom is 0.246 e. The molecule has 1 aromatic heterocycles. The van der Waals surface area contributed by atoms with E-state index >= 15 is 0 Å². The Morgan fingerprint density at radius 2 is 1.89 bits per heavy atom. The lowest BCUT2D eigenvalue weighted by Gasteiger charge is -2.11. The molecule has 2 rings (SSSR count). The summed E-state index contributed by atoms with van der Waals surface area (Å²) in [6.45, 7) is 3.99. The summed E-state index contributed by atoms with van der Waals surface area (Å²) in [5.41, 5.74) is 8.47. The number of hydrogen-bond donors (Lipinski definition) is 1. The fraction of sp³-hybridized carbons (Fsp3) is 0.214. The summed E-state index contributed by atoms with van der Waals surface area (Å²) >= 11 is 0. The topological polar surface area (TPSA) is 57.4 Å². The molecular weight excluding hydrogens is 228 g/mol. The predicted molar refractivity (Wildman–Crippen MR) is 71.2 cm³/mol. The SMILES string of the molecule is COc1ccc(N)c(Oc2cc(C)ccc2C)n1. The lowest BCUT2D eigenvalue weighted by atomic mass is 10.1. The van der Waals surface area contributed by atoms with Crippen LogP contribution in [0.3, 0.4) is 0 Å². The summed E-state index contributed by atoms with van der Waals surface area (Å²) in [7, 11) is 1.56. The molecule has 0 aliphatic heterocycles. The molecule has 0 aliphatic carbocycles.